The number of carbonyl (C=O) groups excluding carboxylic acids is 1. The molecule has 0 amide bonds. The van der Waals surface area contributed by atoms with Gasteiger partial charge in [0, 0.05) is 21.4 Å². The van der Waals surface area contributed by atoms with E-state index >= 15 is 0 Å². The molecule has 0 atom stereocenters. The minimum Gasteiger partial charge on any atom is -0.412 e. The van der Waals surface area contributed by atoms with Crippen LogP contribution in [0.5, 0.6) is 5.88 Å². The predicted octanol–water partition coefficient (Wildman–Crippen LogP) is 2.47. The maximum absolute atomic E-state index is 10.1. The molecule has 1 heterocycles. The summed E-state index contributed by atoms with van der Waals surface area (Å²) >= 11 is 3.36. The fourth-order valence-electron chi connectivity index (χ4n) is 1.19. The maximum Gasteiger partial charge on any atom is 0.299 e. The second kappa shape index (κ2) is 3.22. The van der Waals surface area contributed by atoms with Crippen molar-refractivity contribution in [2.24, 2.45) is 0 Å². The van der Waals surface area contributed by atoms with E-state index in [-0.39, 0.29) is 0 Å². The monoisotopic (exact) mass is 239 g/mol. The third-order valence-corrected chi connectivity index (χ3v) is 2.23. The molecule has 4 heteroatoms. The predicted molar refractivity (Wildman–Crippen MR) is 52.7 cm³/mol. The zero-order valence-corrected chi connectivity index (χ0v) is 8.17. The first-order chi connectivity index (χ1) is 6.29. The summed E-state index contributed by atoms with van der Waals surface area (Å²) in [5.74, 6) is 0.461. The SMILES string of the molecule is O=COc1cc2cc(Br)ccc2[nH]1. The number of hydrogen-bond acceptors (Lipinski definition) is 2. The van der Waals surface area contributed by atoms with Gasteiger partial charge in [-0.25, -0.2) is 0 Å². The summed E-state index contributed by atoms with van der Waals surface area (Å²) in [5, 5.41) is 1.01. The molecule has 0 bridgehead atoms. The Labute approximate surface area is 82.8 Å². The molecule has 1 aromatic heterocycles. The number of fused-ring (bicyclic) bond motifs is 1. The molecule has 0 spiro atoms. The zero-order chi connectivity index (χ0) is 9.26. The van der Waals surface area contributed by atoms with E-state index < -0.39 is 0 Å². The van der Waals surface area contributed by atoms with E-state index in [4.69, 9.17) is 0 Å². The fraction of sp³-hybridized carbons (Fsp3) is 0. The van der Waals surface area contributed by atoms with E-state index in [0.717, 1.165) is 15.4 Å². The van der Waals surface area contributed by atoms with Gasteiger partial charge in [-0.2, -0.15) is 0 Å². The normalized spacial score (nSPS) is 10.2. The average Bonchev–Trinajstić information content (AvgIpc) is 2.46. The number of benzene rings is 1. The van der Waals surface area contributed by atoms with E-state index in [0.29, 0.717) is 12.4 Å². The van der Waals surface area contributed by atoms with Gasteiger partial charge in [0.1, 0.15) is 0 Å². The number of ether oxygens (including phenoxy) is 1. The van der Waals surface area contributed by atoms with Gasteiger partial charge in [0.15, 0.2) is 0 Å². The molecule has 1 aromatic carbocycles. The van der Waals surface area contributed by atoms with Gasteiger partial charge in [0.2, 0.25) is 5.88 Å². The molecule has 2 aromatic rings. The molecule has 0 unspecified atom stereocenters. The number of aromatic amines is 1. The van der Waals surface area contributed by atoms with Crippen LogP contribution in [0.3, 0.4) is 0 Å². The molecule has 0 aliphatic heterocycles. The van der Waals surface area contributed by atoms with Gasteiger partial charge in [0.25, 0.3) is 6.47 Å². The van der Waals surface area contributed by atoms with Crippen molar-refractivity contribution in [1.29, 1.82) is 0 Å². The number of nitrogens with one attached hydrogen (secondary N) is 1. The number of H-pyrrole nitrogens is 1. The Kier molecular flexibility index (Phi) is 2.06. The highest BCUT2D eigenvalue weighted by molar-refractivity contribution is 9.10. The van der Waals surface area contributed by atoms with Crippen molar-refractivity contribution in [1.82, 2.24) is 4.98 Å². The lowest BCUT2D eigenvalue weighted by Gasteiger charge is -1.89. The Bertz CT molecular complexity index is 450. The van der Waals surface area contributed by atoms with Crippen LogP contribution in [-0.4, -0.2) is 11.5 Å². The van der Waals surface area contributed by atoms with Crippen LogP contribution in [0.1, 0.15) is 0 Å². The molecule has 13 heavy (non-hydrogen) atoms. The first-order valence-electron chi connectivity index (χ1n) is 3.68. The highest BCUT2D eigenvalue weighted by Crippen LogP contribution is 2.23. The molecule has 1 N–H and O–H groups in total. The quantitative estimate of drug-likeness (QED) is 0.819. The molecule has 0 aliphatic rings. The lowest BCUT2D eigenvalue weighted by molar-refractivity contribution is -0.120. The second-order valence-electron chi connectivity index (χ2n) is 2.58. The third-order valence-electron chi connectivity index (χ3n) is 1.73. The molecule has 0 fully saturated rings. The van der Waals surface area contributed by atoms with Gasteiger partial charge in [-0.3, -0.25) is 4.79 Å². The van der Waals surface area contributed by atoms with E-state index in [1.807, 2.05) is 18.2 Å². The van der Waals surface area contributed by atoms with Crippen LogP contribution in [0.4, 0.5) is 0 Å². The standard InChI is InChI=1S/C9H6BrNO2/c10-7-1-2-8-6(3-7)4-9(11-8)13-5-12/h1-5,11H. The van der Waals surface area contributed by atoms with Crippen molar-refractivity contribution in [2.45, 2.75) is 0 Å². The van der Waals surface area contributed by atoms with E-state index in [1.165, 1.54) is 0 Å². The molecule has 2 rings (SSSR count). The Hall–Kier alpha value is -1.29. The Balaban J connectivity index is 2.55. The number of halogens is 1. The van der Waals surface area contributed by atoms with Crippen LogP contribution < -0.4 is 4.74 Å². The third kappa shape index (κ3) is 1.58. The van der Waals surface area contributed by atoms with Crippen molar-refractivity contribution in [2.75, 3.05) is 0 Å². The van der Waals surface area contributed by atoms with Gasteiger partial charge >= 0.3 is 0 Å². The highest BCUT2D eigenvalue weighted by atomic mass is 79.9. The number of hydrogen-bond donors (Lipinski definition) is 1. The highest BCUT2D eigenvalue weighted by Gasteiger charge is 2.00. The molecular formula is C9H6BrNO2. The topological polar surface area (TPSA) is 42.1 Å². The van der Waals surface area contributed by atoms with E-state index in [2.05, 4.69) is 25.7 Å². The van der Waals surface area contributed by atoms with E-state index in [1.54, 1.807) is 6.07 Å². The van der Waals surface area contributed by atoms with Gasteiger partial charge in [-0.1, -0.05) is 15.9 Å². The van der Waals surface area contributed by atoms with Gasteiger partial charge < -0.3 is 9.72 Å². The minimum atomic E-state index is 0.403. The van der Waals surface area contributed by atoms with Crippen LogP contribution in [-0.2, 0) is 4.79 Å². The molecule has 0 saturated carbocycles. The summed E-state index contributed by atoms with van der Waals surface area (Å²) in [6, 6.07) is 7.55. The van der Waals surface area contributed by atoms with Crippen molar-refractivity contribution >= 4 is 33.3 Å². The van der Waals surface area contributed by atoms with Crippen molar-refractivity contribution in [3.63, 3.8) is 0 Å². The average molecular weight is 240 g/mol. The van der Waals surface area contributed by atoms with Crippen LogP contribution in [0.2, 0.25) is 0 Å². The number of aromatic nitrogens is 1. The summed E-state index contributed by atoms with van der Waals surface area (Å²) in [7, 11) is 0. The summed E-state index contributed by atoms with van der Waals surface area (Å²) in [6.07, 6.45) is 0. The largest absolute Gasteiger partial charge is 0.412 e. The van der Waals surface area contributed by atoms with Gasteiger partial charge in [0.05, 0.1) is 0 Å². The Morgan fingerprint density at radius 2 is 2.23 bits per heavy atom. The van der Waals surface area contributed by atoms with Crippen LogP contribution in [0.15, 0.2) is 28.7 Å². The molecule has 0 saturated heterocycles. The molecule has 3 nitrogen and oxygen atoms in total. The van der Waals surface area contributed by atoms with Crippen molar-refractivity contribution in [3.8, 4) is 5.88 Å². The van der Waals surface area contributed by atoms with Crippen LogP contribution in [0.25, 0.3) is 10.9 Å². The van der Waals surface area contributed by atoms with E-state index in [9.17, 15) is 4.79 Å². The van der Waals surface area contributed by atoms with Crippen molar-refractivity contribution in [3.05, 3.63) is 28.7 Å². The molecule has 0 aliphatic carbocycles. The summed E-state index contributed by atoms with van der Waals surface area (Å²) in [4.78, 5) is 13.0. The lowest BCUT2D eigenvalue weighted by atomic mass is 10.2. The number of carbonyl (C=O) groups is 1. The van der Waals surface area contributed by atoms with Crippen LogP contribution in [0, 0.1) is 0 Å². The Morgan fingerprint density at radius 3 is 3.00 bits per heavy atom. The zero-order valence-electron chi connectivity index (χ0n) is 6.58. The molecule has 0 radical (unpaired) electrons. The van der Waals surface area contributed by atoms with Crippen molar-refractivity contribution < 1.29 is 9.53 Å². The lowest BCUT2D eigenvalue weighted by Crippen LogP contribution is -1.86. The fourth-order valence-corrected chi connectivity index (χ4v) is 1.57. The number of rotatable bonds is 2. The maximum atomic E-state index is 10.1. The molecule has 66 valence electrons. The first kappa shape index (κ1) is 8.31. The minimum absolute atomic E-state index is 0.403. The van der Waals surface area contributed by atoms with Crippen LogP contribution >= 0.6 is 15.9 Å². The summed E-state index contributed by atoms with van der Waals surface area (Å²) in [6.45, 7) is 0.403. The summed E-state index contributed by atoms with van der Waals surface area (Å²) < 4.78 is 5.68. The molecular weight excluding hydrogens is 234 g/mol. The second-order valence-corrected chi connectivity index (χ2v) is 3.49. The van der Waals surface area contributed by atoms with Gasteiger partial charge in [-0.05, 0) is 18.2 Å². The Morgan fingerprint density at radius 1 is 1.38 bits per heavy atom. The smallest absolute Gasteiger partial charge is 0.299 e. The van der Waals surface area contributed by atoms with Gasteiger partial charge in [-0.15, -0.1) is 0 Å². The first-order valence-corrected chi connectivity index (χ1v) is 4.47. The summed E-state index contributed by atoms with van der Waals surface area (Å²) in [5.41, 5.74) is 0.944.